The lowest BCUT2D eigenvalue weighted by Gasteiger charge is -2.31. The van der Waals surface area contributed by atoms with Gasteiger partial charge in [-0.2, -0.15) is 0 Å². The van der Waals surface area contributed by atoms with Crippen LogP contribution >= 0.6 is 15.9 Å². The Morgan fingerprint density at radius 1 is 1.42 bits per heavy atom. The van der Waals surface area contributed by atoms with Gasteiger partial charge < -0.3 is 15.3 Å². The fourth-order valence-corrected chi connectivity index (χ4v) is 1.65. The number of hydrogen-bond acceptors (Lipinski definition) is 2. The first-order valence-electron chi connectivity index (χ1n) is 5.40. The summed E-state index contributed by atoms with van der Waals surface area (Å²) in [5.74, 6) is -1.76. The molecule has 2 amide bonds. The molecule has 0 aliphatic heterocycles. The van der Waals surface area contributed by atoms with Crippen molar-refractivity contribution in [1.82, 2.24) is 4.90 Å². The zero-order valence-corrected chi connectivity index (χ0v) is 12.3. The van der Waals surface area contributed by atoms with Gasteiger partial charge in [0.2, 0.25) is 0 Å². The van der Waals surface area contributed by atoms with Crippen molar-refractivity contribution in [1.29, 1.82) is 0 Å². The second kappa shape index (κ2) is 5.56. The third kappa shape index (κ3) is 3.23. The monoisotopic (exact) mass is 332 g/mol. The number of aliphatic carboxylic acids is 1. The quantitative estimate of drug-likeness (QED) is 0.894. The number of hydrogen-bond donors (Lipinski definition) is 2. The van der Waals surface area contributed by atoms with Gasteiger partial charge >= 0.3 is 12.0 Å². The van der Waals surface area contributed by atoms with Crippen LogP contribution in [0.3, 0.4) is 0 Å². The number of carboxylic acid groups (broad SMARTS) is 1. The summed E-state index contributed by atoms with van der Waals surface area (Å²) in [6, 6.07) is 3.54. The third-order valence-corrected chi connectivity index (χ3v) is 3.52. The Morgan fingerprint density at radius 2 is 2.00 bits per heavy atom. The van der Waals surface area contributed by atoms with Gasteiger partial charge in [-0.1, -0.05) is 6.07 Å². The lowest BCUT2D eigenvalue weighted by Crippen LogP contribution is -2.52. The minimum absolute atomic E-state index is 0.0273. The predicted octanol–water partition coefficient (Wildman–Crippen LogP) is 2.92. The molecule has 0 bridgehead atoms. The van der Waals surface area contributed by atoms with E-state index in [-0.39, 0.29) is 5.69 Å². The molecule has 1 aromatic carbocycles. The molecule has 0 unspecified atom stereocenters. The van der Waals surface area contributed by atoms with Gasteiger partial charge in [0.05, 0.1) is 5.69 Å². The summed E-state index contributed by atoms with van der Waals surface area (Å²) in [5, 5.41) is 11.4. The maximum absolute atomic E-state index is 13.5. The molecule has 0 aromatic heterocycles. The molecule has 0 radical (unpaired) electrons. The molecule has 1 rings (SSSR count). The number of carbonyl (C=O) groups is 2. The summed E-state index contributed by atoms with van der Waals surface area (Å²) >= 11 is 3.11. The first-order valence-corrected chi connectivity index (χ1v) is 6.19. The molecule has 5 nitrogen and oxygen atoms in total. The lowest BCUT2D eigenvalue weighted by atomic mass is 10.1. The Bertz CT molecular complexity index is 499. The van der Waals surface area contributed by atoms with Crippen molar-refractivity contribution < 1.29 is 19.1 Å². The van der Waals surface area contributed by atoms with Crippen LogP contribution in [0.5, 0.6) is 0 Å². The highest BCUT2D eigenvalue weighted by Crippen LogP contribution is 2.26. The van der Waals surface area contributed by atoms with Crippen LogP contribution in [-0.4, -0.2) is 34.6 Å². The Morgan fingerprint density at radius 3 is 2.47 bits per heavy atom. The SMILES string of the molecule is CN(C(=O)Nc1c(F)cccc1Br)C(C)(C)C(=O)O. The Kier molecular flexibility index (Phi) is 4.52. The average Bonchev–Trinajstić information content (AvgIpc) is 2.32. The van der Waals surface area contributed by atoms with Crippen molar-refractivity contribution in [2.75, 3.05) is 12.4 Å². The second-order valence-corrected chi connectivity index (χ2v) is 5.30. The fourth-order valence-electron chi connectivity index (χ4n) is 1.21. The van der Waals surface area contributed by atoms with E-state index in [2.05, 4.69) is 21.2 Å². The van der Waals surface area contributed by atoms with Gasteiger partial charge in [-0.15, -0.1) is 0 Å². The minimum Gasteiger partial charge on any atom is -0.480 e. The van der Waals surface area contributed by atoms with E-state index in [0.717, 1.165) is 4.90 Å². The van der Waals surface area contributed by atoms with Gasteiger partial charge in [0.25, 0.3) is 0 Å². The number of amides is 2. The topological polar surface area (TPSA) is 69.6 Å². The van der Waals surface area contributed by atoms with Crippen molar-refractivity contribution in [2.24, 2.45) is 0 Å². The first-order chi connectivity index (χ1) is 8.67. The van der Waals surface area contributed by atoms with Gasteiger partial charge in [0, 0.05) is 11.5 Å². The molecule has 0 heterocycles. The van der Waals surface area contributed by atoms with E-state index in [1.807, 2.05) is 0 Å². The van der Waals surface area contributed by atoms with E-state index in [0.29, 0.717) is 4.47 Å². The number of urea groups is 1. The van der Waals surface area contributed by atoms with Crippen LogP contribution in [0, 0.1) is 5.82 Å². The molecule has 0 aliphatic rings. The second-order valence-electron chi connectivity index (χ2n) is 4.45. The van der Waals surface area contributed by atoms with Crippen LogP contribution in [0.2, 0.25) is 0 Å². The van der Waals surface area contributed by atoms with Gasteiger partial charge in [-0.05, 0) is 41.9 Å². The summed E-state index contributed by atoms with van der Waals surface area (Å²) < 4.78 is 13.9. The highest BCUT2D eigenvalue weighted by atomic mass is 79.9. The van der Waals surface area contributed by atoms with Crippen molar-refractivity contribution in [3.63, 3.8) is 0 Å². The largest absolute Gasteiger partial charge is 0.480 e. The Balaban J connectivity index is 2.95. The molecule has 104 valence electrons. The van der Waals surface area contributed by atoms with Crippen molar-refractivity contribution >= 4 is 33.6 Å². The summed E-state index contributed by atoms with van der Waals surface area (Å²) in [6.45, 7) is 2.76. The molecule has 19 heavy (non-hydrogen) atoms. The van der Waals surface area contributed by atoms with Gasteiger partial charge in [0.1, 0.15) is 11.4 Å². The normalized spacial score (nSPS) is 11.0. The lowest BCUT2D eigenvalue weighted by molar-refractivity contribution is -0.146. The van der Waals surface area contributed by atoms with E-state index in [4.69, 9.17) is 5.11 Å². The summed E-state index contributed by atoms with van der Waals surface area (Å²) in [7, 11) is 1.33. The highest BCUT2D eigenvalue weighted by molar-refractivity contribution is 9.10. The molecule has 2 N–H and O–H groups in total. The number of benzene rings is 1. The maximum Gasteiger partial charge on any atom is 0.329 e. The zero-order valence-electron chi connectivity index (χ0n) is 10.7. The predicted molar refractivity (Wildman–Crippen MR) is 72.6 cm³/mol. The fraction of sp³-hybridized carbons (Fsp3) is 0.333. The molecule has 0 fully saturated rings. The Hall–Kier alpha value is -1.63. The minimum atomic E-state index is -1.40. The van der Waals surface area contributed by atoms with Crippen LogP contribution in [0.15, 0.2) is 22.7 Å². The van der Waals surface area contributed by atoms with Crippen LogP contribution in [0.4, 0.5) is 14.9 Å². The molecule has 0 spiro atoms. The number of carboxylic acids is 1. The third-order valence-electron chi connectivity index (χ3n) is 2.86. The molecular formula is C12H14BrFN2O3. The van der Waals surface area contributed by atoms with Crippen molar-refractivity contribution in [3.8, 4) is 0 Å². The number of rotatable bonds is 3. The summed E-state index contributed by atoms with van der Waals surface area (Å²) in [6.07, 6.45) is 0. The number of para-hydroxylation sites is 1. The number of nitrogens with zero attached hydrogens (tertiary/aromatic N) is 1. The zero-order chi connectivity index (χ0) is 14.8. The summed E-state index contributed by atoms with van der Waals surface area (Å²) in [5.41, 5.74) is -1.43. The number of anilines is 1. The van der Waals surface area contributed by atoms with Gasteiger partial charge in [0.15, 0.2) is 0 Å². The van der Waals surface area contributed by atoms with Crippen molar-refractivity contribution in [3.05, 3.63) is 28.5 Å². The average molecular weight is 333 g/mol. The van der Waals surface area contributed by atoms with E-state index in [1.54, 1.807) is 6.07 Å². The summed E-state index contributed by atoms with van der Waals surface area (Å²) in [4.78, 5) is 24.0. The maximum atomic E-state index is 13.5. The van der Waals surface area contributed by atoms with E-state index in [9.17, 15) is 14.0 Å². The number of nitrogens with one attached hydrogen (secondary N) is 1. The highest BCUT2D eigenvalue weighted by Gasteiger charge is 2.35. The van der Waals surface area contributed by atoms with Gasteiger partial charge in [-0.25, -0.2) is 14.0 Å². The van der Waals surface area contributed by atoms with Gasteiger partial charge in [-0.3, -0.25) is 0 Å². The molecule has 0 aliphatic carbocycles. The van der Waals surface area contributed by atoms with Crippen LogP contribution in [0.1, 0.15) is 13.8 Å². The van der Waals surface area contributed by atoms with Crippen LogP contribution < -0.4 is 5.32 Å². The smallest absolute Gasteiger partial charge is 0.329 e. The molecule has 0 saturated carbocycles. The molecule has 0 saturated heterocycles. The first kappa shape index (κ1) is 15.4. The van der Waals surface area contributed by atoms with Crippen LogP contribution in [0.25, 0.3) is 0 Å². The van der Waals surface area contributed by atoms with E-state index < -0.39 is 23.4 Å². The van der Waals surface area contributed by atoms with E-state index >= 15 is 0 Å². The van der Waals surface area contributed by atoms with Crippen molar-refractivity contribution in [2.45, 2.75) is 19.4 Å². The van der Waals surface area contributed by atoms with E-state index in [1.165, 1.54) is 33.0 Å². The molecule has 7 heteroatoms. The number of halogens is 2. The molecule has 1 aromatic rings. The molecule has 0 atom stereocenters. The Labute approximate surface area is 118 Å². The number of carbonyl (C=O) groups excluding carboxylic acids is 1. The van der Waals surface area contributed by atoms with Crippen LogP contribution in [-0.2, 0) is 4.79 Å². The molecular weight excluding hydrogens is 319 g/mol. The number of likely N-dealkylation sites (N-methyl/N-ethyl adjacent to an activating group) is 1. The standard InChI is InChI=1S/C12H14BrFN2O3/c1-12(2,10(17)18)16(3)11(19)15-9-7(13)5-4-6-8(9)14/h4-6H,1-3H3,(H,15,19)(H,17,18).